The van der Waals surface area contributed by atoms with Crippen molar-refractivity contribution < 1.29 is 18.7 Å². The van der Waals surface area contributed by atoms with Gasteiger partial charge in [-0.05, 0) is 12.1 Å². The van der Waals surface area contributed by atoms with Crippen LogP contribution >= 0.6 is 23.2 Å². The Labute approximate surface area is 114 Å². The molecule has 0 atom stereocenters. The van der Waals surface area contributed by atoms with Gasteiger partial charge in [0.1, 0.15) is 12.4 Å². The van der Waals surface area contributed by atoms with Crippen molar-refractivity contribution in [3.8, 4) is 0 Å². The number of carbonyl (C=O) groups is 1. The first-order valence-electron chi connectivity index (χ1n) is 5.05. The van der Waals surface area contributed by atoms with E-state index in [0.717, 1.165) is 12.1 Å². The van der Waals surface area contributed by atoms with E-state index < -0.39 is 11.7 Å². The maximum Gasteiger partial charge on any atom is 0.250 e. The third-order valence-corrected chi connectivity index (χ3v) is 2.53. The van der Waals surface area contributed by atoms with Gasteiger partial charge in [-0.25, -0.2) is 4.39 Å². The highest BCUT2D eigenvalue weighted by atomic mass is 35.5. The molecule has 0 radical (unpaired) electrons. The molecular weight excluding hydrogens is 284 g/mol. The van der Waals surface area contributed by atoms with Gasteiger partial charge in [-0.3, -0.25) is 4.79 Å². The minimum atomic E-state index is -0.570. The second kappa shape index (κ2) is 7.53. The van der Waals surface area contributed by atoms with Crippen molar-refractivity contribution in [1.29, 1.82) is 0 Å². The predicted molar refractivity (Wildman–Crippen MR) is 67.7 cm³/mol. The molecule has 18 heavy (non-hydrogen) atoms. The Kier molecular flexibility index (Phi) is 6.35. The lowest BCUT2D eigenvalue weighted by molar-refractivity contribution is -0.121. The Morgan fingerprint density at radius 2 is 1.94 bits per heavy atom. The van der Waals surface area contributed by atoms with Crippen molar-refractivity contribution in [1.82, 2.24) is 0 Å². The summed E-state index contributed by atoms with van der Waals surface area (Å²) in [5.41, 5.74) is 0.167. The van der Waals surface area contributed by atoms with Crippen LogP contribution in [-0.2, 0) is 14.3 Å². The fourth-order valence-electron chi connectivity index (χ4n) is 1.14. The van der Waals surface area contributed by atoms with Crippen LogP contribution in [-0.4, -0.2) is 32.8 Å². The van der Waals surface area contributed by atoms with Crippen LogP contribution in [0.3, 0.4) is 0 Å². The van der Waals surface area contributed by atoms with E-state index in [0.29, 0.717) is 13.2 Å². The van der Waals surface area contributed by atoms with Crippen molar-refractivity contribution in [2.45, 2.75) is 0 Å². The first-order valence-corrected chi connectivity index (χ1v) is 5.81. The fraction of sp³-hybridized carbons (Fsp3) is 0.364. The fourth-order valence-corrected chi connectivity index (χ4v) is 1.70. The highest BCUT2D eigenvalue weighted by Gasteiger charge is 2.11. The Morgan fingerprint density at radius 3 is 2.50 bits per heavy atom. The van der Waals surface area contributed by atoms with Crippen LogP contribution in [0.4, 0.5) is 10.1 Å². The summed E-state index contributed by atoms with van der Waals surface area (Å²) in [6.07, 6.45) is 0. The summed E-state index contributed by atoms with van der Waals surface area (Å²) in [4.78, 5) is 11.5. The smallest absolute Gasteiger partial charge is 0.250 e. The van der Waals surface area contributed by atoms with Gasteiger partial charge in [0.25, 0.3) is 0 Å². The van der Waals surface area contributed by atoms with Crippen LogP contribution in [0.1, 0.15) is 0 Å². The zero-order valence-corrected chi connectivity index (χ0v) is 11.1. The van der Waals surface area contributed by atoms with Gasteiger partial charge in [0.05, 0.1) is 28.9 Å². The zero-order valence-electron chi connectivity index (χ0n) is 9.63. The molecule has 100 valence electrons. The number of benzene rings is 1. The number of carbonyl (C=O) groups excluding carboxylic acids is 1. The zero-order chi connectivity index (χ0) is 13.5. The maximum atomic E-state index is 12.9. The molecule has 0 aliphatic heterocycles. The number of rotatable bonds is 6. The highest BCUT2D eigenvalue weighted by molar-refractivity contribution is 6.39. The SMILES string of the molecule is COCCOCC(=O)Nc1c(Cl)cc(F)cc1Cl. The van der Waals surface area contributed by atoms with Crippen LogP contribution in [0, 0.1) is 5.82 Å². The second-order valence-electron chi connectivity index (χ2n) is 3.34. The molecule has 1 amide bonds. The molecule has 1 aromatic rings. The van der Waals surface area contributed by atoms with Crippen molar-refractivity contribution in [2.24, 2.45) is 0 Å². The third kappa shape index (κ3) is 4.78. The molecular formula is C11H12Cl2FNO3. The topological polar surface area (TPSA) is 47.6 Å². The normalized spacial score (nSPS) is 10.4. The van der Waals surface area contributed by atoms with E-state index in [1.54, 1.807) is 0 Å². The van der Waals surface area contributed by atoms with Gasteiger partial charge >= 0.3 is 0 Å². The molecule has 0 saturated carbocycles. The van der Waals surface area contributed by atoms with Crippen LogP contribution < -0.4 is 5.32 Å². The number of hydrogen-bond acceptors (Lipinski definition) is 3. The van der Waals surface area contributed by atoms with Crippen LogP contribution in [0.2, 0.25) is 10.0 Å². The average molecular weight is 296 g/mol. The molecule has 0 aromatic heterocycles. The lowest BCUT2D eigenvalue weighted by atomic mass is 10.3. The number of ether oxygens (including phenoxy) is 2. The van der Waals surface area contributed by atoms with E-state index >= 15 is 0 Å². The molecule has 7 heteroatoms. The molecule has 0 fully saturated rings. The summed E-state index contributed by atoms with van der Waals surface area (Å²) >= 11 is 11.5. The van der Waals surface area contributed by atoms with E-state index in [1.807, 2.05) is 0 Å². The molecule has 1 rings (SSSR count). The molecule has 0 spiro atoms. The second-order valence-corrected chi connectivity index (χ2v) is 4.15. The van der Waals surface area contributed by atoms with Crippen molar-refractivity contribution >= 4 is 34.8 Å². The molecule has 0 aliphatic rings. The van der Waals surface area contributed by atoms with E-state index in [9.17, 15) is 9.18 Å². The standard InChI is InChI=1S/C11H12Cl2FNO3/c1-17-2-3-18-6-10(16)15-11-8(12)4-7(14)5-9(11)13/h4-5H,2-3,6H2,1H3,(H,15,16). The number of halogens is 3. The van der Waals surface area contributed by atoms with Gasteiger partial charge in [-0.1, -0.05) is 23.2 Å². The summed E-state index contributed by atoms with van der Waals surface area (Å²) in [7, 11) is 1.53. The molecule has 1 N–H and O–H groups in total. The van der Waals surface area contributed by atoms with Gasteiger partial charge in [-0.15, -0.1) is 0 Å². The number of anilines is 1. The van der Waals surface area contributed by atoms with Crippen molar-refractivity contribution in [2.75, 3.05) is 32.2 Å². The largest absolute Gasteiger partial charge is 0.382 e. The minimum Gasteiger partial charge on any atom is -0.382 e. The molecule has 1 aromatic carbocycles. The lowest BCUT2D eigenvalue weighted by Crippen LogP contribution is -2.20. The molecule has 0 saturated heterocycles. The van der Waals surface area contributed by atoms with E-state index in [2.05, 4.69) is 5.32 Å². The van der Waals surface area contributed by atoms with Crippen molar-refractivity contribution in [3.05, 3.63) is 28.0 Å². The first-order chi connectivity index (χ1) is 8.54. The van der Waals surface area contributed by atoms with Gasteiger partial charge in [0.15, 0.2) is 0 Å². The van der Waals surface area contributed by atoms with Crippen LogP contribution in [0.15, 0.2) is 12.1 Å². The predicted octanol–water partition coefficient (Wildman–Crippen LogP) is 2.73. The summed E-state index contributed by atoms with van der Waals surface area (Å²) < 4.78 is 22.7. The van der Waals surface area contributed by atoms with E-state index in [1.165, 1.54) is 7.11 Å². The Morgan fingerprint density at radius 1 is 1.33 bits per heavy atom. The van der Waals surface area contributed by atoms with Crippen LogP contribution in [0.25, 0.3) is 0 Å². The van der Waals surface area contributed by atoms with Gasteiger partial charge in [-0.2, -0.15) is 0 Å². The Bertz CT molecular complexity index is 406. The molecule has 0 aliphatic carbocycles. The first kappa shape index (κ1) is 15.2. The van der Waals surface area contributed by atoms with Crippen LogP contribution in [0.5, 0.6) is 0 Å². The molecule has 0 unspecified atom stereocenters. The number of methoxy groups -OCH3 is 1. The van der Waals surface area contributed by atoms with E-state index in [4.69, 9.17) is 32.7 Å². The van der Waals surface area contributed by atoms with Crippen molar-refractivity contribution in [3.63, 3.8) is 0 Å². The summed E-state index contributed by atoms with van der Waals surface area (Å²) in [6.45, 7) is 0.535. The lowest BCUT2D eigenvalue weighted by Gasteiger charge is -2.09. The summed E-state index contributed by atoms with van der Waals surface area (Å²) in [5.74, 6) is -0.999. The number of amides is 1. The third-order valence-electron chi connectivity index (χ3n) is 1.94. The minimum absolute atomic E-state index is 0.0326. The summed E-state index contributed by atoms with van der Waals surface area (Å²) in [6, 6.07) is 2.13. The number of nitrogens with one attached hydrogen (secondary N) is 1. The molecule has 0 bridgehead atoms. The molecule has 4 nitrogen and oxygen atoms in total. The quantitative estimate of drug-likeness (QED) is 0.821. The highest BCUT2D eigenvalue weighted by Crippen LogP contribution is 2.31. The van der Waals surface area contributed by atoms with Gasteiger partial charge in [0.2, 0.25) is 5.91 Å². The van der Waals surface area contributed by atoms with E-state index in [-0.39, 0.29) is 22.3 Å². The average Bonchev–Trinajstić information content (AvgIpc) is 2.29. The number of hydrogen-bond donors (Lipinski definition) is 1. The Balaban J connectivity index is 2.54. The molecule has 0 heterocycles. The summed E-state index contributed by atoms with van der Waals surface area (Å²) in [5, 5.41) is 2.51. The monoisotopic (exact) mass is 295 g/mol. The maximum absolute atomic E-state index is 12.9. The van der Waals surface area contributed by atoms with Gasteiger partial charge in [0, 0.05) is 7.11 Å². The Hall–Kier alpha value is -0.880. The van der Waals surface area contributed by atoms with Gasteiger partial charge < -0.3 is 14.8 Å².